The summed E-state index contributed by atoms with van der Waals surface area (Å²) in [6.45, 7) is 6.69. The van der Waals surface area contributed by atoms with Gasteiger partial charge in [0.25, 0.3) is 5.56 Å². The van der Waals surface area contributed by atoms with E-state index in [2.05, 4.69) is 110 Å². The maximum atomic E-state index is 13.8. The highest BCUT2D eigenvalue weighted by Gasteiger charge is 2.35. The predicted molar refractivity (Wildman–Crippen MR) is 170 cm³/mol. The van der Waals surface area contributed by atoms with E-state index in [-0.39, 0.29) is 23.7 Å². The van der Waals surface area contributed by atoms with Crippen LogP contribution in [0.1, 0.15) is 59.9 Å². The summed E-state index contributed by atoms with van der Waals surface area (Å²) in [5, 5.41) is 14.1. The molecule has 0 aliphatic carbocycles. The lowest BCUT2D eigenvalue weighted by atomic mass is 9.96. The maximum Gasteiger partial charge on any atom is 0.253 e. The average molecular weight is 590 g/mol. The molecule has 0 saturated carbocycles. The van der Waals surface area contributed by atoms with Crippen LogP contribution in [0.3, 0.4) is 0 Å². The van der Waals surface area contributed by atoms with Crippen molar-refractivity contribution in [1.82, 2.24) is 35.0 Å². The van der Waals surface area contributed by atoms with Crippen molar-refractivity contribution in [2.24, 2.45) is 0 Å². The first-order valence-corrected chi connectivity index (χ1v) is 15.8. The number of hydrogen-bond acceptors (Lipinski definition) is 7. The van der Waals surface area contributed by atoms with Crippen molar-refractivity contribution in [1.29, 1.82) is 0 Å². The monoisotopic (exact) mass is 589 g/mol. The quantitative estimate of drug-likeness (QED) is 0.265. The molecule has 4 heterocycles. The molecule has 2 atom stereocenters. The Hall–Kier alpha value is -4.18. The summed E-state index contributed by atoms with van der Waals surface area (Å²) in [5.41, 5.74) is 5.20. The van der Waals surface area contributed by atoms with Gasteiger partial charge in [0.05, 0.1) is 18.7 Å². The van der Waals surface area contributed by atoms with Crippen LogP contribution in [0.4, 0.5) is 0 Å². The van der Waals surface area contributed by atoms with Crippen molar-refractivity contribution >= 4 is 10.9 Å². The largest absolute Gasteiger partial charge is 0.376 e. The number of hydrogen-bond donors (Lipinski definition) is 1. The summed E-state index contributed by atoms with van der Waals surface area (Å²) in [6.07, 6.45) is 3.04. The third-order valence-electron chi connectivity index (χ3n) is 9.15. The zero-order chi connectivity index (χ0) is 29.9. The Bertz CT molecular complexity index is 1700. The second kappa shape index (κ2) is 12.8. The number of tetrazole rings is 1. The minimum Gasteiger partial charge on any atom is -0.376 e. The van der Waals surface area contributed by atoms with Gasteiger partial charge in [-0.3, -0.25) is 14.6 Å². The number of rotatable bonds is 9. The molecule has 2 saturated heterocycles. The highest BCUT2D eigenvalue weighted by atomic mass is 16.5. The van der Waals surface area contributed by atoms with Crippen molar-refractivity contribution < 1.29 is 4.74 Å². The average Bonchev–Trinajstić information content (AvgIpc) is 3.76. The lowest BCUT2D eigenvalue weighted by Gasteiger charge is -2.42. The number of piperazine rings is 1. The first-order valence-electron chi connectivity index (χ1n) is 15.8. The lowest BCUT2D eigenvalue weighted by molar-refractivity contribution is 0.0778. The van der Waals surface area contributed by atoms with E-state index in [9.17, 15) is 4.79 Å². The Labute approximate surface area is 257 Å². The summed E-state index contributed by atoms with van der Waals surface area (Å²) in [5.74, 6) is 0.688. The van der Waals surface area contributed by atoms with Gasteiger partial charge in [-0.25, -0.2) is 4.68 Å². The molecule has 1 N–H and O–H groups in total. The minimum absolute atomic E-state index is 0.0780. The fraction of sp³-hybridized carbons (Fsp3) is 0.371. The van der Waals surface area contributed by atoms with Gasteiger partial charge in [-0.1, -0.05) is 73.7 Å². The van der Waals surface area contributed by atoms with Gasteiger partial charge in [-0.2, -0.15) is 0 Å². The molecule has 226 valence electrons. The van der Waals surface area contributed by atoms with Gasteiger partial charge in [0.2, 0.25) is 0 Å². The van der Waals surface area contributed by atoms with Crippen LogP contribution < -0.4 is 5.56 Å². The van der Waals surface area contributed by atoms with E-state index in [1.807, 2.05) is 16.8 Å². The fourth-order valence-corrected chi connectivity index (χ4v) is 6.85. The van der Waals surface area contributed by atoms with E-state index in [0.717, 1.165) is 63.0 Å². The number of fused-ring (bicyclic) bond motifs is 1. The van der Waals surface area contributed by atoms with E-state index < -0.39 is 0 Å². The van der Waals surface area contributed by atoms with E-state index in [1.54, 1.807) is 0 Å². The highest BCUT2D eigenvalue weighted by molar-refractivity contribution is 5.80. The van der Waals surface area contributed by atoms with Crippen LogP contribution in [0, 0.1) is 0 Å². The fourth-order valence-electron chi connectivity index (χ4n) is 6.85. The third kappa shape index (κ3) is 5.83. The van der Waals surface area contributed by atoms with E-state index in [4.69, 9.17) is 4.74 Å². The number of pyridine rings is 1. The summed E-state index contributed by atoms with van der Waals surface area (Å²) >= 11 is 0. The minimum atomic E-state index is -0.390. The normalized spacial score (nSPS) is 18.7. The molecule has 9 nitrogen and oxygen atoms in total. The molecule has 0 unspecified atom stereocenters. The summed E-state index contributed by atoms with van der Waals surface area (Å²) < 4.78 is 7.80. The molecular weight excluding hydrogens is 550 g/mol. The first kappa shape index (κ1) is 28.6. The molecule has 0 radical (unpaired) electrons. The smallest absolute Gasteiger partial charge is 0.253 e. The van der Waals surface area contributed by atoms with Crippen LogP contribution in [0.2, 0.25) is 0 Å². The van der Waals surface area contributed by atoms with Gasteiger partial charge in [0.1, 0.15) is 6.04 Å². The Morgan fingerprint density at radius 3 is 2.20 bits per heavy atom. The Morgan fingerprint density at radius 2 is 1.57 bits per heavy atom. The van der Waals surface area contributed by atoms with E-state index in [1.165, 1.54) is 16.7 Å². The van der Waals surface area contributed by atoms with Crippen molar-refractivity contribution in [3.8, 4) is 0 Å². The lowest BCUT2D eigenvalue weighted by Crippen LogP contribution is -2.50. The number of aryl methyl sites for hydroxylation is 1. The number of nitrogens with one attached hydrogen (secondary N) is 1. The molecule has 44 heavy (non-hydrogen) atoms. The van der Waals surface area contributed by atoms with Gasteiger partial charge in [0, 0.05) is 43.9 Å². The molecule has 3 aromatic carbocycles. The van der Waals surface area contributed by atoms with Gasteiger partial charge in [-0.15, -0.1) is 5.10 Å². The Balaban J connectivity index is 1.24. The predicted octanol–water partition coefficient (Wildman–Crippen LogP) is 4.75. The van der Waals surface area contributed by atoms with Gasteiger partial charge in [-0.05, 0) is 70.0 Å². The van der Waals surface area contributed by atoms with Crippen molar-refractivity contribution in [3.05, 3.63) is 123 Å². The molecule has 2 aromatic heterocycles. The molecule has 2 aliphatic heterocycles. The summed E-state index contributed by atoms with van der Waals surface area (Å²) in [4.78, 5) is 21.9. The van der Waals surface area contributed by atoms with Crippen LogP contribution in [0.25, 0.3) is 10.9 Å². The number of H-pyrrole nitrogens is 1. The van der Waals surface area contributed by atoms with Gasteiger partial charge in [0.15, 0.2) is 5.82 Å². The number of aromatic amines is 1. The van der Waals surface area contributed by atoms with Crippen molar-refractivity contribution in [2.45, 2.75) is 50.9 Å². The number of benzene rings is 3. The number of nitrogens with zero attached hydrogens (tertiary/aromatic N) is 6. The molecule has 0 bridgehead atoms. The van der Waals surface area contributed by atoms with Crippen molar-refractivity contribution in [3.63, 3.8) is 0 Å². The highest BCUT2D eigenvalue weighted by Crippen LogP contribution is 2.33. The van der Waals surface area contributed by atoms with E-state index >= 15 is 0 Å². The summed E-state index contributed by atoms with van der Waals surface area (Å²) in [6, 6.07) is 29.5. The third-order valence-corrected chi connectivity index (χ3v) is 9.15. The molecule has 2 fully saturated rings. The Kier molecular flexibility index (Phi) is 8.33. The topological polar surface area (TPSA) is 92.2 Å². The van der Waals surface area contributed by atoms with Crippen LogP contribution in [0.5, 0.6) is 0 Å². The molecule has 0 amide bonds. The zero-order valence-corrected chi connectivity index (χ0v) is 25.2. The SMILES string of the molecule is CCc1ccc2[nH]c(=O)c([C@@H](c3nnnn3C[C@@H]3CCCO3)N3CCN(C(c4ccccc4)c4ccccc4)CC3)cc2c1. The second-order valence-electron chi connectivity index (χ2n) is 11.9. The molecule has 0 spiro atoms. The Morgan fingerprint density at radius 1 is 0.886 bits per heavy atom. The zero-order valence-electron chi connectivity index (χ0n) is 25.2. The van der Waals surface area contributed by atoms with Crippen LogP contribution >= 0.6 is 0 Å². The molecule has 5 aromatic rings. The van der Waals surface area contributed by atoms with Gasteiger partial charge >= 0.3 is 0 Å². The van der Waals surface area contributed by atoms with Crippen molar-refractivity contribution in [2.75, 3.05) is 32.8 Å². The van der Waals surface area contributed by atoms with Crippen LogP contribution in [-0.4, -0.2) is 73.9 Å². The van der Waals surface area contributed by atoms with E-state index in [0.29, 0.717) is 17.9 Å². The standard InChI is InChI=1S/C35H39N7O2/c1-2-25-15-16-31-28(22-25)23-30(35(43)36-31)33(34-37-38-39-42(34)24-29-14-9-21-44-29)41-19-17-40(18-20-41)32(26-10-5-3-6-11-26)27-12-7-4-8-13-27/h3-8,10-13,15-16,22-23,29,32-33H,2,9,14,17-21,24H2,1H3,(H,36,43)/t29-,33-/m0/s1. The first-order chi connectivity index (χ1) is 21.7. The van der Waals surface area contributed by atoms with Crippen LogP contribution in [0.15, 0.2) is 89.7 Å². The molecule has 2 aliphatic rings. The second-order valence-corrected chi connectivity index (χ2v) is 11.9. The number of ether oxygens (including phenoxy) is 1. The molecule has 9 heteroatoms. The molecule has 7 rings (SSSR count). The maximum absolute atomic E-state index is 13.8. The number of aromatic nitrogens is 5. The molecular formula is C35H39N7O2. The van der Waals surface area contributed by atoms with Crippen LogP contribution in [-0.2, 0) is 17.7 Å². The summed E-state index contributed by atoms with van der Waals surface area (Å²) in [7, 11) is 0. The van der Waals surface area contributed by atoms with Gasteiger partial charge < -0.3 is 9.72 Å².